The van der Waals surface area contributed by atoms with Crippen molar-refractivity contribution < 1.29 is 4.92 Å². The zero-order valence-electron chi connectivity index (χ0n) is 12.4. The Morgan fingerprint density at radius 1 is 1.50 bits per heavy atom. The maximum atomic E-state index is 11.1. The van der Waals surface area contributed by atoms with Crippen molar-refractivity contribution in [1.82, 2.24) is 14.8 Å². The van der Waals surface area contributed by atoms with Crippen molar-refractivity contribution in [3.05, 3.63) is 40.2 Å². The normalized spacial score (nSPS) is 10.5. The first kappa shape index (κ1) is 15.4. The minimum absolute atomic E-state index is 0.0122. The number of nitrogens with one attached hydrogen (secondary N) is 1. The van der Waals surface area contributed by atoms with Crippen LogP contribution in [-0.4, -0.2) is 19.7 Å². The minimum atomic E-state index is -0.621. The molecule has 0 bridgehead atoms. The van der Waals surface area contributed by atoms with Gasteiger partial charge in [-0.15, -0.1) is 0 Å². The van der Waals surface area contributed by atoms with Gasteiger partial charge < -0.3 is 5.32 Å². The lowest BCUT2D eigenvalue weighted by Gasteiger charge is -2.05. The molecule has 0 aliphatic rings. The van der Waals surface area contributed by atoms with Crippen molar-refractivity contribution in [3.63, 3.8) is 0 Å². The van der Waals surface area contributed by atoms with Crippen LogP contribution >= 0.6 is 0 Å². The number of rotatable bonds is 6. The molecule has 114 valence electrons. The molecule has 2 rings (SSSR count). The zero-order valence-corrected chi connectivity index (χ0v) is 12.4. The molecule has 2 heterocycles. The molecule has 8 heteroatoms. The highest BCUT2D eigenvalue weighted by molar-refractivity contribution is 5.68. The summed E-state index contributed by atoms with van der Waals surface area (Å²) in [7, 11) is 0. The van der Waals surface area contributed by atoms with E-state index in [2.05, 4.69) is 29.2 Å². The van der Waals surface area contributed by atoms with Gasteiger partial charge in [0.05, 0.1) is 4.92 Å². The van der Waals surface area contributed by atoms with Crippen molar-refractivity contribution in [3.8, 4) is 6.07 Å². The van der Waals surface area contributed by atoms with Crippen molar-refractivity contribution >= 4 is 17.3 Å². The van der Waals surface area contributed by atoms with Gasteiger partial charge in [-0.05, 0) is 18.4 Å². The highest BCUT2D eigenvalue weighted by Crippen LogP contribution is 2.27. The van der Waals surface area contributed by atoms with Gasteiger partial charge in [-0.25, -0.2) is 4.98 Å². The van der Waals surface area contributed by atoms with E-state index in [9.17, 15) is 10.1 Å². The number of nitro groups is 1. The summed E-state index contributed by atoms with van der Waals surface area (Å²) in [4.78, 5) is 14.4. The Labute approximate surface area is 127 Å². The van der Waals surface area contributed by atoms with Crippen LogP contribution in [0.1, 0.15) is 25.8 Å². The summed E-state index contributed by atoms with van der Waals surface area (Å²) in [5.74, 6) is 1.03. The Morgan fingerprint density at radius 2 is 2.27 bits per heavy atom. The van der Waals surface area contributed by atoms with Crippen molar-refractivity contribution in [2.75, 3.05) is 5.32 Å². The van der Waals surface area contributed by atoms with E-state index in [1.165, 1.54) is 12.3 Å². The van der Waals surface area contributed by atoms with E-state index in [0.717, 1.165) is 13.0 Å². The molecule has 0 atom stereocenters. The monoisotopic (exact) mass is 300 g/mol. The number of anilines is 2. The average Bonchev–Trinajstić information content (AvgIpc) is 2.92. The van der Waals surface area contributed by atoms with Gasteiger partial charge in [-0.2, -0.15) is 10.4 Å². The van der Waals surface area contributed by atoms with Crippen LogP contribution in [0.2, 0.25) is 0 Å². The number of hydrogen-bond donors (Lipinski definition) is 1. The third kappa shape index (κ3) is 3.58. The first-order valence-corrected chi connectivity index (χ1v) is 6.85. The Hall–Kier alpha value is -2.95. The van der Waals surface area contributed by atoms with Gasteiger partial charge in [0.25, 0.3) is 0 Å². The van der Waals surface area contributed by atoms with Crippen molar-refractivity contribution in [2.24, 2.45) is 5.92 Å². The third-order valence-electron chi connectivity index (χ3n) is 3.05. The van der Waals surface area contributed by atoms with Gasteiger partial charge in [0.15, 0.2) is 5.82 Å². The van der Waals surface area contributed by atoms with E-state index >= 15 is 0 Å². The largest absolute Gasteiger partial charge is 0.329 e. The summed E-state index contributed by atoms with van der Waals surface area (Å²) >= 11 is 0. The van der Waals surface area contributed by atoms with Gasteiger partial charge >= 0.3 is 5.69 Å². The lowest BCUT2D eigenvalue weighted by molar-refractivity contribution is -0.384. The van der Waals surface area contributed by atoms with Gasteiger partial charge in [-0.3, -0.25) is 14.8 Å². The molecule has 8 nitrogen and oxygen atoms in total. The number of aromatic nitrogens is 3. The standard InChI is InChI=1S/C14H16N6O2/c1-10(2)4-7-19-8-5-12(18-19)17-14-13(20(21)22)11(9-15)3-6-16-14/h3,5-6,8,10H,4,7H2,1-2H3,(H,16,17,18). The highest BCUT2D eigenvalue weighted by atomic mass is 16.6. The second-order valence-corrected chi connectivity index (χ2v) is 5.20. The Morgan fingerprint density at radius 3 is 2.91 bits per heavy atom. The van der Waals surface area contributed by atoms with E-state index in [4.69, 9.17) is 5.26 Å². The van der Waals surface area contributed by atoms with Gasteiger partial charge in [0.2, 0.25) is 5.82 Å². The van der Waals surface area contributed by atoms with Gasteiger partial charge in [-0.1, -0.05) is 13.8 Å². The van der Waals surface area contributed by atoms with Crippen LogP contribution in [0.15, 0.2) is 24.5 Å². The summed E-state index contributed by atoms with van der Waals surface area (Å²) < 4.78 is 1.77. The van der Waals surface area contributed by atoms with Crippen molar-refractivity contribution in [1.29, 1.82) is 5.26 Å². The SMILES string of the molecule is CC(C)CCn1ccc(Nc2nccc(C#N)c2[N+](=O)[O-])n1. The molecule has 0 aliphatic carbocycles. The Kier molecular flexibility index (Phi) is 4.68. The van der Waals surface area contributed by atoms with Crippen LogP contribution in [0.5, 0.6) is 0 Å². The van der Waals surface area contributed by atoms with Crippen molar-refractivity contribution in [2.45, 2.75) is 26.8 Å². The van der Waals surface area contributed by atoms with Crippen LogP contribution in [0, 0.1) is 27.4 Å². The maximum Gasteiger partial charge on any atom is 0.329 e. The van der Waals surface area contributed by atoms with Gasteiger partial charge in [0, 0.05) is 25.0 Å². The first-order valence-electron chi connectivity index (χ1n) is 6.85. The molecule has 0 fully saturated rings. The molecule has 2 aromatic heterocycles. The topological polar surface area (TPSA) is 110 Å². The summed E-state index contributed by atoms with van der Waals surface area (Å²) in [5, 5.41) is 27.2. The molecule has 2 aromatic rings. The molecule has 0 saturated carbocycles. The van der Waals surface area contributed by atoms with E-state index in [1.54, 1.807) is 23.0 Å². The molecular weight excluding hydrogens is 284 g/mol. The molecular formula is C14H16N6O2. The smallest absolute Gasteiger partial charge is 0.318 e. The quantitative estimate of drug-likeness (QED) is 0.648. The van der Waals surface area contributed by atoms with Crippen LogP contribution < -0.4 is 5.32 Å². The first-order chi connectivity index (χ1) is 10.5. The zero-order chi connectivity index (χ0) is 16.1. The number of nitriles is 1. The number of pyridine rings is 1. The molecule has 0 amide bonds. The summed E-state index contributed by atoms with van der Waals surface area (Å²) in [6.07, 6.45) is 4.14. The molecule has 22 heavy (non-hydrogen) atoms. The van der Waals surface area contributed by atoms with Crippen LogP contribution in [0.3, 0.4) is 0 Å². The number of hydrogen-bond acceptors (Lipinski definition) is 6. The molecule has 0 spiro atoms. The van der Waals surface area contributed by atoms with Gasteiger partial charge in [0.1, 0.15) is 11.6 Å². The van der Waals surface area contributed by atoms with Crippen LogP contribution in [-0.2, 0) is 6.54 Å². The van der Waals surface area contributed by atoms with Crippen LogP contribution in [0.4, 0.5) is 17.3 Å². The minimum Gasteiger partial charge on any atom is -0.318 e. The maximum absolute atomic E-state index is 11.1. The van der Waals surface area contributed by atoms with Crippen LogP contribution in [0.25, 0.3) is 0 Å². The van der Waals surface area contributed by atoms with E-state index in [0.29, 0.717) is 11.7 Å². The second-order valence-electron chi connectivity index (χ2n) is 5.20. The number of aryl methyl sites for hydroxylation is 1. The van der Waals surface area contributed by atoms with E-state index < -0.39 is 4.92 Å². The summed E-state index contributed by atoms with van der Waals surface area (Å²) in [6, 6.07) is 4.82. The molecule has 0 unspecified atom stereocenters. The molecule has 1 N–H and O–H groups in total. The molecule has 0 radical (unpaired) electrons. The Bertz CT molecular complexity index is 716. The lowest BCUT2D eigenvalue weighted by atomic mass is 10.1. The predicted molar refractivity (Wildman–Crippen MR) is 80.6 cm³/mol. The molecule has 0 aliphatic heterocycles. The second kappa shape index (κ2) is 6.67. The van der Waals surface area contributed by atoms with E-state index in [1.807, 2.05) is 0 Å². The third-order valence-corrected chi connectivity index (χ3v) is 3.05. The molecule has 0 saturated heterocycles. The fraction of sp³-hybridized carbons (Fsp3) is 0.357. The lowest BCUT2D eigenvalue weighted by Crippen LogP contribution is -2.04. The predicted octanol–water partition coefficient (Wildman–Crippen LogP) is 2.85. The Balaban J connectivity index is 2.21. The highest BCUT2D eigenvalue weighted by Gasteiger charge is 2.21. The number of nitrogens with zero attached hydrogens (tertiary/aromatic N) is 5. The fourth-order valence-corrected chi connectivity index (χ4v) is 1.89. The summed E-state index contributed by atoms with van der Waals surface area (Å²) in [5.41, 5.74) is -0.386. The van der Waals surface area contributed by atoms with E-state index in [-0.39, 0.29) is 17.1 Å². The average molecular weight is 300 g/mol. The molecule has 0 aromatic carbocycles. The fourth-order valence-electron chi connectivity index (χ4n) is 1.89. The summed E-state index contributed by atoms with van der Waals surface area (Å²) in [6.45, 7) is 5.03.